The molecule has 1 fully saturated rings. The van der Waals surface area contributed by atoms with Crippen molar-refractivity contribution in [3.63, 3.8) is 0 Å². The average Bonchev–Trinajstić information content (AvgIpc) is 2.38. The monoisotopic (exact) mass is 375 g/mol. The molecular weight excluding hydrogens is 358 g/mol. The molecule has 0 aromatic heterocycles. The number of carboxylic acid groups (broad SMARTS) is 1. The van der Waals surface area contributed by atoms with Crippen LogP contribution in [0.5, 0.6) is 0 Å². The normalized spacial score (nSPS) is 24.0. The van der Waals surface area contributed by atoms with Gasteiger partial charge in [-0.25, -0.2) is 13.2 Å². The maximum Gasteiger partial charge on any atom is 0.335 e. The van der Waals surface area contributed by atoms with Crippen molar-refractivity contribution < 1.29 is 18.3 Å². The molecule has 1 aliphatic heterocycles. The third-order valence-electron chi connectivity index (χ3n) is 3.85. The summed E-state index contributed by atoms with van der Waals surface area (Å²) in [5, 5.41) is 9.06. The Morgan fingerprint density at radius 2 is 1.86 bits per heavy atom. The zero-order valence-corrected chi connectivity index (χ0v) is 14.3. The number of sulfonamides is 1. The third kappa shape index (κ3) is 3.14. The second-order valence-corrected chi connectivity index (χ2v) is 8.08. The molecule has 5 nitrogen and oxygen atoms in total. The molecule has 1 N–H and O–H groups in total. The fourth-order valence-electron chi connectivity index (χ4n) is 2.82. The number of rotatable bonds is 3. The Kier molecular flexibility index (Phi) is 4.75. The summed E-state index contributed by atoms with van der Waals surface area (Å²) < 4.78 is 27.7. The van der Waals surface area contributed by atoms with Crippen LogP contribution < -0.4 is 0 Å². The highest BCUT2D eigenvalue weighted by molar-refractivity contribution is 9.10. The molecule has 0 aliphatic carbocycles. The first-order chi connectivity index (χ1) is 9.75. The van der Waals surface area contributed by atoms with Crippen LogP contribution in [0.25, 0.3) is 0 Å². The number of carboxylic acids is 1. The van der Waals surface area contributed by atoms with Crippen molar-refractivity contribution in [1.29, 1.82) is 0 Å². The molecule has 0 unspecified atom stereocenters. The molecule has 1 aromatic carbocycles. The van der Waals surface area contributed by atoms with Crippen LogP contribution in [0, 0.1) is 0 Å². The molecule has 21 heavy (non-hydrogen) atoms. The summed E-state index contributed by atoms with van der Waals surface area (Å²) in [6.07, 6.45) is 2.64. The molecule has 116 valence electrons. The predicted molar refractivity (Wildman–Crippen MR) is 82.9 cm³/mol. The van der Waals surface area contributed by atoms with E-state index in [1.54, 1.807) is 0 Å². The molecule has 0 radical (unpaired) electrons. The number of carbonyl (C=O) groups is 1. The molecule has 1 saturated heterocycles. The van der Waals surface area contributed by atoms with E-state index < -0.39 is 16.0 Å². The lowest BCUT2D eigenvalue weighted by Gasteiger charge is -2.37. The summed E-state index contributed by atoms with van der Waals surface area (Å²) in [6, 6.07) is 3.90. The number of hydrogen-bond acceptors (Lipinski definition) is 3. The lowest BCUT2D eigenvalue weighted by atomic mass is 10.0. The van der Waals surface area contributed by atoms with Crippen molar-refractivity contribution >= 4 is 31.9 Å². The molecular formula is C14H18BrNO4S. The molecule has 0 spiro atoms. The lowest BCUT2D eigenvalue weighted by Crippen LogP contribution is -2.47. The number of benzene rings is 1. The van der Waals surface area contributed by atoms with E-state index in [0.717, 1.165) is 19.3 Å². The predicted octanol–water partition coefficient (Wildman–Crippen LogP) is 3.10. The van der Waals surface area contributed by atoms with Crippen molar-refractivity contribution in [2.75, 3.05) is 0 Å². The van der Waals surface area contributed by atoms with Gasteiger partial charge in [0.1, 0.15) is 0 Å². The van der Waals surface area contributed by atoms with Crippen LogP contribution >= 0.6 is 15.9 Å². The Hall–Kier alpha value is -0.920. The van der Waals surface area contributed by atoms with Crippen LogP contribution in [0.2, 0.25) is 0 Å². The molecule has 2 atom stereocenters. The SMILES string of the molecule is C[C@@H]1CCC[C@H](C)N1S(=O)(=O)c1cc(C(=O)O)ccc1Br. The molecule has 0 amide bonds. The number of piperidine rings is 1. The van der Waals surface area contributed by atoms with E-state index in [0.29, 0.717) is 4.47 Å². The number of hydrogen-bond donors (Lipinski definition) is 1. The van der Waals surface area contributed by atoms with E-state index in [1.165, 1.54) is 22.5 Å². The maximum absolute atomic E-state index is 12.9. The van der Waals surface area contributed by atoms with Gasteiger partial charge in [-0.3, -0.25) is 0 Å². The number of aromatic carboxylic acids is 1. The van der Waals surface area contributed by atoms with Crippen LogP contribution in [-0.2, 0) is 10.0 Å². The average molecular weight is 376 g/mol. The summed E-state index contributed by atoms with van der Waals surface area (Å²) >= 11 is 3.22. The van der Waals surface area contributed by atoms with Crippen LogP contribution in [0.15, 0.2) is 27.6 Å². The summed E-state index contributed by atoms with van der Waals surface area (Å²) in [5.41, 5.74) is -0.0332. The molecule has 0 bridgehead atoms. The summed E-state index contributed by atoms with van der Waals surface area (Å²) in [7, 11) is -3.72. The van der Waals surface area contributed by atoms with Gasteiger partial charge in [0, 0.05) is 16.6 Å². The topological polar surface area (TPSA) is 74.7 Å². The zero-order valence-electron chi connectivity index (χ0n) is 11.9. The van der Waals surface area contributed by atoms with Crippen LogP contribution in [0.1, 0.15) is 43.5 Å². The van der Waals surface area contributed by atoms with E-state index in [4.69, 9.17) is 5.11 Å². The van der Waals surface area contributed by atoms with Crippen LogP contribution in [0.3, 0.4) is 0 Å². The highest BCUT2D eigenvalue weighted by Crippen LogP contribution is 2.33. The van der Waals surface area contributed by atoms with E-state index in [1.807, 2.05) is 13.8 Å². The molecule has 1 aromatic rings. The van der Waals surface area contributed by atoms with Gasteiger partial charge in [0.15, 0.2) is 0 Å². The van der Waals surface area contributed by atoms with E-state index in [-0.39, 0.29) is 22.5 Å². The maximum atomic E-state index is 12.9. The minimum atomic E-state index is -3.72. The van der Waals surface area contributed by atoms with Crippen molar-refractivity contribution in [3.8, 4) is 0 Å². The Morgan fingerprint density at radius 1 is 1.29 bits per heavy atom. The fraction of sp³-hybridized carbons (Fsp3) is 0.500. The molecule has 1 heterocycles. The second kappa shape index (κ2) is 6.06. The Morgan fingerprint density at radius 3 is 2.38 bits per heavy atom. The lowest BCUT2D eigenvalue weighted by molar-refractivity contribution is 0.0696. The highest BCUT2D eigenvalue weighted by Gasteiger charge is 2.36. The van der Waals surface area contributed by atoms with E-state index >= 15 is 0 Å². The fourth-order valence-corrected chi connectivity index (χ4v) is 5.66. The highest BCUT2D eigenvalue weighted by atomic mass is 79.9. The molecule has 2 rings (SSSR count). The summed E-state index contributed by atoms with van der Waals surface area (Å²) in [6.45, 7) is 3.78. The minimum absolute atomic E-state index is 0.0167. The molecule has 0 saturated carbocycles. The van der Waals surface area contributed by atoms with E-state index in [9.17, 15) is 13.2 Å². The van der Waals surface area contributed by atoms with Gasteiger partial charge in [0.05, 0.1) is 10.5 Å². The van der Waals surface area contributed by atoms with Gasteiger partial charge in [0.2, 0.25) is 10.0 Å². The summed E-state index contributed by atoms with van der Waals surface area (Å²) in [5.74, 6) is -1.14. The van der Waals surface area contributed by atoms with Crippen molar-refractivity contribution in [2.45, 2.75) is 50.1 Å². The van der Waals surface area contributed by atoms with Gasteiger partial charge in [-0.2, -0.15) is 4.31 Å². The zero-order chi connectivity index (χ0) is 15.8. The quantitative estimate of drug-likeness (QED) is 0.880. The van der Waals surface area contributed by atoms with Gasteiger partial charge in [-0.1, -0.05) is 6.42 Å². The van der Waals surface area contributed by atoms with Crippen LogP contribution in [0.4, 0.5) is 0 Å². The smallest absolute Gasteiger partial charge is 0.335 e. The van der Waals surface area contributed by atoms with Gasteiger partial charge in [-0.15, -0.1) is 0 Å². The standard InChI is InChI=1S/C14H18BrNO4S/c1-9-4-3-5-10(2)16(9)21(19,20)13-8-11(14(17)18)6-7-12(13)15/h6-10H,3-5H2,1-2H3,(H,17,18)/t9-,10+. The van der Waals surface area contributed by atoms with Gasteiger partial charge in [-0.05, 0) is 60.8 Å². The first-order valence-electron chi connectivity index (χ1n) is 6.81. The Labute approximate surface area is 133 Å². The number of halogens is 1. The largest absolute Gasteiger partial charge is 0.478 e. The van der Waals surface area contributed by atoms with E-state index in [2.05, 4.69) is 15.9 Å². The van der Waals surface area contributed by atoms with Gasteiger partial charge < -0.3 is 5.11 Å². The molecule has 7 heteroatoms. The number of nitrogens with zero attached hydrogens (tertiary/aromatic N) is 1. The Balaban J connectivity index is 2.53. The van der Waals surface area contributed by atoms with Crippen molar-refractivity contribution in [3.05, 3.63) is 28.2 Å². The second-order valence-electron chi connectivity index (χ2n) is 5.41. The first-order valence-corrected chi connectivity index (χ1v) is 9.05. The van der Waals surface area contributed by atoms with Gasteiger partial charge in [0.25, 0.3) is 0 Å². The third-order valence-corrected chi connectivity index (χ3v) is 6.97. The van der Waals surface area contributed by atoms with Crippen molar-refractivity contribution in [2.24, 2.45) is 0 Å². The summed E-state index contributed by atoms with van der Waals surface area (Å²) in [4.78, 5) is 11.1. The molecule has 1 aliphatic rings. The Bertz CT molecular complexity index is 649. The van der Waals surface area contributed by atoms with Crippen LogP contribution in [-0.4, -0.2) is 35.9 Å². The van der Waals surface area contributed by atoms with Crippen molar-refractivity contribution in [1.82, 2.24) is 4.31 Å². The first kappa shape index (κ1) is 16.5. The van der Waals surface area contributed by atoms with Gasteiger partial charge >= 0.3 is 5.97 Å². The minimum Gasteiger partial charge on any atom is -0.478 e.